The van der Waals surface area contributed by atoms with Crippen LogP contribution in [0, 0.1) is 0 Å². The van der Waals surface area contributed by atoms with Crippen molar-refractivity contribution in [1.29, 1.82) is 0 Å². The van der Waals surface area contributed by atoms with Gasteiger partial charge in [0.25, 0.3) is 5.91 Å². The number of urea groups is 1. The lowest BCUT2D eigenvalue weighted by molar-refractivity contribution is -0.147. The van der Waals surface area contributed by atoms with E-state index in [0.717, 1.165) is 9.77 Å². The van der Waals surface area contributed by atoms with Crippen LogP contribution in [0.25, 0.3) is 0 Å². The number of esters is 1. The molecule has 1 heterocycles. The summed E-state index contributed by atoms with van der Waals surface area (Å²) in [5.41, 5.74) is 0. The van der Waals surface area contributed by atoms with E-state index >= 15 is 0 Å². The zero-order chi connectivity index (χ0) is 18.8. The molecule has 26 heavy (non-hydrogen) atoms. The third-order valence-corrected chi connectivity index (χ3v) is 5.41. The summed E-state index contributed by atoms with van der Waals surface area (Å²) < 4.78 is 4.85. The second-order valence-corrected chi connectivity index (χ2v) is 7.58. The fourth-order valence-electron chi connectivity index (χ4n) is 1.81. The van der Waals surface area contributed by atoms with Gasteiger partial charge in [0, 0.05) is 15.5 Å². The van der Waals surface area contributed by atoms with Crippen LogP contribution in [0.5, 0.6) is 0 Å². The van der Waals surface area contributed by atoms with Gasteiger partial charge in [-0.1, -0.05) is 29.8 Å². The number of thiophene rings is 1. The molecule has 0 saturated carbocycles. The molecule has 1 aromatic carbocycles. The van der Waals surface area contributed by atoms with E-state index in [1.807, 2.05) is 35.7 Å². The number of hydrogen-bond acceptors (Lipinski definition) is 6. The maximum Gasteiger partial charge on any atom is 0.321 e. The predicted octanol–water partition coefficient (Wildman–Crippen LogP) is 3.45. The molecule has 9 heteroatoms. The Morgan fingerprint density at radius 2 is 1.96 bits per heavy atom. The molecule has 0 bridgehead atoms. The molecule has 2 N–H and O–H groups in total. The Hall–Kier alpha value is -2.03. The zero-order valence-corrected chi connectivity index (χ0v) is 16.1. The van der Waals surface area contributed by atoms with Crippen molar-refractivity contribution in [3.05, 3.63) is 51.7 Å². The molecule has 0 unspecified atom stereocenters. The summed E-state index contributed by atoms with van der Waals surface area (Å²) in [4.78, 5) is 36.6. The summed E-state index contributed by atoms with van der Waals surface area (Å²) in [7, 11) is 0. The topological polar surface area (TPSA) is 84.5 Å². The molecule has 138 valence electrons. The first-order valence-corrected chi connectivity index (χ1v) is 9.92. The number of carbonyl (C=O) groups is 3. The first-order valence-electron chi connectivity index (χ1n) is 7.67. The monoisotopic (exact) mass is 412 g/mol. The molecule has 6 nitrogen and oxygen atoms in total. The standard InChI is InChI=1S/C17H17ClN2O4S2/c18-13-5-1-2-6-14(13)26-9-7-16(22)24-11-15(21)20-17(23)19-10-12-4-3-8-25-12/h1-6,8H,7,9-11H2,(H2,19,20,21,23). The Bertz CT molecular complexity index is 753. The number of halogens is 1. The van der Waals surface area contributed by atoms with Gasteiger partial charge in [-0.25, -0.2) is 4.79 Å². The van der Waals surface area contributed by atoms with Crippen LogP contribution in [-0.4, -0.2) is 30.3 Å². The van der Waals surface area contributed by atoms with Crippen molar-refractivity contribution in [3.63, 3.8) is 0 Å². The largest absolute Gasteiger partial charge is 0.456 e. The highest BCUT2D eigenvalue weighted by Gasteiger charge is 2.11. The van der Waals surface area contributed by atoms with Crippen molar-refractivity contribution in [2.24, 2.45) is 0 Å². The van der Waals surface area contributed by atoms with E-state index in [-0.39, 0.29) is 6.42 Å². The van der Waals surface area contributed by atoms with Crippen LogP contribution in [0.4, 0.5) is 4.79 Å². The van der Waals surface area contributed by atoms with Crippen LogP contribution in [0.15, 0.2) is 46.7 Å². The zero-order valence-electron chi connectivity index (χ0n) is 13.7. The fraction of sp³-hybridized carbons (Fsp3) is 0.235. The molecule has 1 aromatic heterocycles. The highest BCUT2D eigenvalue weighted by atomic mass is 35.5. The third-order valence-electron chi connectivity index (χ3n) is 3.02. The average Bonchev–Trinajstić information content (AvgIpc) is 3.13. The number of imide groups is 1. The van der Waals surface area contributed by atoms with E-state index in [9.17, 15) is 14.4 Å². The second-order valence-electron chi connectivity index (χ2n) is 5.00. The Kier molecular flexibility index (Phi) is 8.46. The van der Waals surface area contributed by atoms with Gasteiger partial charge in [-0.3, -0.25) is 14.9 Å². The summed E-state index contributed by atoms with van der Waals surface area (Å²) >= 11 is 8.95. The lowest BCUT2D eigenvalue weighted by Crippen LogP contribution is -2.41. The van der Waals surface area contributed by atoms with Gasteiger partial charge in [-0.2, -0.15) is 0 Å². The summed E-state index contributed by atoms with van der Waals surface area (Å²) in [6.45, 7) is -0.169. The molecule has 0 saturated heterocycles. The number of ether oxygens (including phenoxy) is 1. The van der Waals surface area contributed by atoms with E-state index in [2.05, 4.69) is 10.6 Å². The van der Waals surface area contributed by atoms with Gasteiger partial charge in [0.05, 0.1) is 18.0 Å². The highest BCUT2D eigenvalue weighted by molar-refractivity contribution is 7.99. The number of nitrogens with one attached hydrogen (secondary N) is 2. The number of amides is 3. The van der Waals surface area contributed by atoms with Crippen molar-refractivity contribution in [2.75, 3.05) is 12.4 Å². The van der Waals surface area contributed by atoms with Crippen LogP contribution < -0.4 is 10.6 Å². The Morgan fingerprint density at radius 3 is 2.69 bits per heavy atom. The maximum atomic E-state index is 11.6. The van der Waals surface area contributed by atoms with Gasteiger partial charge in [-0.15, -0.1) is 23.1 Å². The lowest BCUT2D eigenvalue weighted by Gasteiger charge is -2.07. The van der Waals surface area contributed by atoms with Gasteiger partial charge in [0.1, 0.15) is 0 Å². The normalized spacial score (nSPS) is 10.2. The van der Waals surface area contributed by atoms with Crippen molar-refractivity contribution in [1.82, 2.24) is 10.6 Å². The first kappa shape index (κ1) is 20.3. The molecule has 0 radical (unpaired) electrons. The Labute approximate surface area is 164 Å². The number of rotatable bonds is 8. The molecule has 3 amide bonds. The molecule has 0 fully saturated rings. The summed E-state index contributed by atoms with van der Waals surface area (Å²) in [6.07, 6.45) is 0.133. The van der Waals surface area contributed by atoms with Gasteiger partial charge < -0.3 is 10.1 Å². The van der Waals surface area contributed by atoms with Crippen molar-refractivity contribution in [3.8, 4) is 0 Å². The predicted molar refractivity (Wildman–Crippen MR) is 102 cm³/mol. The van der Waals surface area contributed by atoms with Crippen LogP contribution in [0.1, 0.15) is 11.3 Å². The van der Waals surface area contributed by atoms with E-state index in [4.69, 9.17) is 16.3 Å². The van der Waals surface area contributed by atoms with Crippen molar-refractivity contribution >= 4 is 52.6 Å². The van der Waals surface area contributed by atoms with Crippen molar-refractivity contribution < 1.29 is 19.1 Å². The molecule has 0 aliphatic carbocycles. The Morgan fingerprint density at radius 1 is 1.15 bits per heavy atom. The molecule has 0 atom stereocenters. The van der Waals surface area contributed by atoms with Gasteiger partial charge in [0.2, 0.25) is 0 Å². The average molecular weight is 413 g/mol. The van der Waals surface area contributed by atoms with E-state index in [0.29, 0.717) is 17.3 Å². The van der Waals surface area contributed by atoms with E-state index in [1.165, 1.54) is 23.1 Å². The quantitative estimate of drug-likeness (QED) is 0.512. The molecule has 0 aliphatic rings. The van der Waals surface area contributed by atoms with Crippen molar-refractivity contribution in [2.45, 2.75) is 17.9 Å². The minimum Gasteiger partial charge on any atom is -0.456 e. The SMILES string of the molecule is O=C(COC(=O)CCSc1ccccc1Cl)NC(=O)NCc1cccs1. The molecular weight excluding hydrogens is 396 g/mol. The van der Waals surface area contributed by atoms with Gasteiger partial charge in [0.15, 0.2) is 6.61 Å². The number of benzene rings is 1. The molecule has 0 spiro atoms. The molecule has 2 rings (SSSR count). The maximum absolute atomic E-state index is 11.6. The summed E-state index contributed by atoms with van der Waals surface area (Å²) in [5.74, 6) is -0.717. The summed E-state index contributed by atoms with van der Waals surface area (Å²) in [5, 5.41) is 7.16. The van der Waals surface area contributed by atoms with E-state index < -0.39 is 24.5 Å². The smallest absolute Gasteiger partial charge is 0.321 e. The number of hydrogen-bond donors (Lipinski definition) is 2. The van der Waals surface area contributed by atoms with E-state index in [1.54, 1.807) is 6.07 Å². The summed E-state index contributed by atoms with van der Waals surface area (Å²) in [6, 6.07) is 10.4. The minimum atomic E-state index is -0.680. The second kappa shape index (κ2) is 10.8. The molecular formula is C17H17ClN2O4S2. The number of thioether (sulfide) groups is 1. The molecule has 2 aromatic rings. The third kappa shape index (κ3) is 7.47. The Balaban J connectivity index is 1.58. The lowest BCUT2D eigenvalue weighted by atomic mass is 10.4. The molecule has 0 aliphatic heterocycles. The minimum absolute atomic E-state index is 0.133. The fourth-order valence-corrected chi connectivity index (χ4v) is 3.63. The van der Waals surface area contributed by atoms with Crippen LogP contribution in [0.2, 0.25) is 5.02 Å². The van der Waals surface area contributed by atoms with Gasteiger partial charge in [-0.05, 0) is 23.6 Å². The highest BCUT2D eigenvalue weighted by Crippen LogP contribution is 2.26. The number of carbonyl (C=O) groups excluding carboxylic acids is 3. The van der Waals surface area contributed by atoms with Crippen LogP contribution >= 0.6 is 34.7 Å². The van der Waals surface area contributed by atoms with Gasteiger partial charge >= 0.3 is 12.0 Å². The van der Waals surface area contributed by atoms with Crippen LogP contribution in [0.3, 0.4) is 0 Å². The first-order chi connectivity index (χ1) is 12.5. The van der Waals surface area contributed by atoms with Crippen LogP contribution in [-0.2, 0) is 20.9 Å².